The molecule has 0 N–H and O–H groups in total. The number of hydrogen-bond donors (Lipinski definition) is 0. The lowest BCUT2D eigenvalue weighted by molar-refractivity contribution is 0.202. The fourth-order valence-electron chi connectivity index (χ4n) is 2.60. The van der Waals surface area contributed by atoms with E-state index < -0.39 is 0 Å². The van der Waals surface area contributed by atoms with Crippen molar-refractivity contribution >= 4 is 27.5 Å². The minimum atomic E-state index is -0.257. The highest BCUT2D eigenvalue weighted by Crippen LogP contribution is 2.28. The van der Waals surface area contributed by atoms with Crippen molar-refractivity contribution < 1.29 is 9.13 Å². The number of halogens is 3. The fourth-order valence-corrected chi connectivity index (χ4v) is 3.07. The molecule has 0 bridgehead atoms. The third-order valence-corrected chi connectivity index (χ3v) is 4.67. The summed E-state index contributed by atoms with van der Waals surface area (Å²) in [6.45, 7) is 0. The van der Waals surface area contributed by atoms with E-state index in [0.29, 0.717) is 12.3 Å². The topological polar surface area (TPSA) is 9.23 Å². The normalized spacial score (nSPS) is 12.0. The molecule has 0 aliphatic carbocycles. The Morgan fingerprint density at radius 1 is 0.840 bits per heavy atom. The van der Waals surface area contributed by atoms with Crippen molar-refractivity contribution in [3.05, 3.63) is 88.6 Å². The molecule has 0 saturated carbocycles. The van der Waals surface area contributed by atoms with Crippen LogP contribution in [0.15, 0.2) is 77.3 Å². The molecule has 3 aromatic rings. The maximum Gasteiger partial charge on any atom is 0.125 e. The Morgan fingerprint density at radius 2 is 1.40 bits per heavy atom. The van der Waals surface area contributed by atoms with E-state index in [1.165, 1.54) is 12.1 Å². The van der Waals surface area contributed by atoms with Crippen molar-refractivity contribution in [2.24, 2.45) is 0 Å². The third-order valence-electron chi connectivity index (χ3n) is 3.92. The Kier molecular flexibility index (Phi) is 6.11. The molecule has 0 spiro atoms. The second kappa shape index (κ2) is 8.50. The van der Waals surface area contributed by atoms with Crippen LogP contribution in [0.2, 0.25) is 0 Å². The molecular formula is C21H17BrClFO. The van der Waals surface area contributed by atoms with Gasteiger partial charge in [0.25, 0.3) is 0 Å². The smallest absolute Gasteiger partial charge is 0.125 e. The lowest BCUT2D eigenvalue weighted by Crippen LogP contribution is -2.08. The summed E-state index contributed by atoms with van der Waals surface area (Å²) in [4.78, 5) is 0. The summed E-state index contributed by atoms with van der Waals surface area (Å²) < 4.78 is 20.3. The zero-order valence-corrected chi connectivity index (χ0v) is 15.8. The monoisotopic (exact) mass is 418 g/mol. The van der Waals surface area contributed by atoms with Gasteiger partial charge in [-0.05, 0) is 53.1 Å². The minimum Gasteiger partial charge on any atom is -0.486 e. The quantitative estimate of drug-likeness (QED) is 0.391. The lowest BCUT2D eigenvalue weighted by atomic mass is 10.1. The standard InChI is InChI=1S/C21H17BrClFO/c22-18-7-1-15(2-8-18)16-5-11-20(12-6-16)25-21(13-14-23)17-3-9-19(24)10-4-17/h1-12,21H,13-14H2. The van der Waals surface area contributed by atoms with E-state index in [1.54, 1.807) is 12.1 Å². The van der Waals surface area contributed by atoms with E-state index >= 15 is 0 Å². The maximum absolute atomic E-state index is 13.1. The summed E-state index contributed by atoms with van der Waals surface area (Å²) >= 11 is 9.35. The largest absolute Gasteiger partial charge is 0.486 e. The van der Waals surface area contributed by atoms with Crippen LogP contribution in [0.4, 0.5) is 4.39 Å². The molecule has 4 heteroatoms. The van der Waals surface area contributed by atoms with Crippen molar-refractivity contribution in [3.8, 4) is 16.9 Å². The summed E-state index contributed by atoms with van der Waals surface area (Å²) in [5, 5.41) is 0. The van der Waals surface area contributed by atoms with Gasteiger partial charge in [0, 0.05) is 16.8 Å². The Labute approximate surface area is 160 Å². The van der Waals surface area contributed by atoms with Gasteiger partial charge in [0.05, 0.1) is 0 Å². The number of hydrogen-bond acceptors (Lipinski definition) is 1. The van der Waals surface area contributed by atoms with E-state index in [0.717, 1.165) is 26.9 Å². The molecule has 0 amide bonds. The second-order valence-corrected chi connectivity index (χ2v) is 6.96. The van der Waals surface area contributed by atoms with Gasteiger partial charge in [-0.2, -0.15) is 0 Å². The maximum atomic E-state index is 13.1. The molecule has 25 heavy (non-hydrogen) atoms. The fraction of sp³-hybridized carbons (Fsp3) is 0.143. The zero-order valence-electron chi connectivity index (χ0n) is 13.5. The van der Waals surface area contributed by atoms with Crippen LogP contribution in [-0.2, 0) is 0 Å². The van der Waals surface area contributed by atoms with Crippen molar-refractivity contribution in [2.75, 3.05) is 5.88 Å². The Morgan fingerprint density at radius 3 is 1.96 bits per heavy atom. The summed E-state index contributed by atoms with van der Waals surface area (Å²) in [6, 6.07) is 22.5. The van der Waals surface area contributed by atoms with E-state index in [2.05, 4.69) is 28.1 Å². The minimum absolute atomic E-state index is 0.198. The van der Waals surface area contributed by atoms with Crippen molar-refractivity contribution in [3.63, 3.8) is 0 Å². The van der Waals surface area contributed by atoms with Crippen LogP contribution in [0, 0.1) is 5.82 Å². The predicted molar refractivity (Wildman–Crippen MR) is 105 cm³/mol. The molecule has 1 nitrogen and oxygen atoms in total. The number of benzene rings is 3. The highest BCUT2D eigenvalue weighted by molar-refractivity contribution is 9.10. The van der Waals surface area contributed by atoms with E-state index in [1.807, 2.05) is 36.4 Å². The van der Waals surface area contributed by atoms with Crippen LogP contribution in [0.25, 0.3) is 11.1 Å². The lowest BCUT2D eigenvalue weighted by Gasteiger charge is -2.19. The molecule has 3 rings (SSSR count). The average Bonchev–Trinajstić information content (AvgIpc) is 2.63. The van der Waals surface area contributed by atoms with Gasteiger partial charge in [0.15, 0.2) is 0 Å². The summed E-state index contributed by atoms with van der Waals surface area (Å²) in [5.74, 6) is 0.978. The second-order valence-electron chi connectivity index (χ2n) is 5.67. The van der Waals surface area contributed by atoms with E-state index in [4.69, 9.17) is 16.3 Å². The molecule has 0 radical (unpaired) electrons. The van der Waals surface area contributed by atoms with Gasteiger partial charge in [-0.15, -0.1) is 11.6 Å². The summed E-state index contributed by atoms with van der Waals surface area (Å²) in [5.41, 5.74) is 3.18. The van der Waals surface area contributed by atoms with Gasteiger partial charge < -0.3 is 4.74 Å². The van der Waals surface area contributed by atoms with Crippen molar-refractivity contribution in [1.82, 2.24) is 0 Å². The first kappa shape index (κ1) is 18.0. The van der Waals surface area contributed by atoms with E-state index in [9.17, 15) is 4.39 Å². The molecule has 0 aromatic heterocycles. The van der Waals surface area contributed by atoms with Gasteiger partial charge in [0.1, 0.15) is 17.7 Å². The van der Waals surface area contributed by atoms with Crippen LogP contribution in [0.3, 0.4) is 0 Å². The Bertz CT molecular complexity index is 801. The first-order valence-electron chi connectivity index (χ1n) is 8.00. The average molecular weight is 420 g/mol. The first-order valence-corrected chi connectivity index (χ1v) is 9.32. The van der Waals surface area contributed by atoms with Crippen LogP contribution < -0.4 is 4.74 Å². The third kappa shape index (κ3) is 4.83. The molecule has 0 aliphatic rings. The highest BCUT2D eigenvalue weighted by atomic mass is 79.9. The van der Waals surface area contributed by atoms with Crippen LogP contribution >= 0.6 is 27.5 Å². The van der Waals surface area contributed by atoms with Gasteiger partial charge in [-0.25, -0.2) is 4.39 Å². The molecule has 128 valence electrons. The molecule has 0 saturated heterocycles. The number of alkyl halides is 1. The summed E-state index contributed by atoms with van der Waals surface area (Å²) in [7, 11) is 0. The predicted octanol–water partition coefficient (Wildman–Crippen LogP) is 7.00. The molecule has 0 heterocycles. The molecule has 0 aliphatic heterocycles. The van der Waals surface area contributed by atoms with Crippen LogP contribution in [0.5, 0.6) is 5.75 Å². The summed E-state index contributed by atoms with van der Waals surface area (Å²) in [6.07, 6.45) is 0.457. The van der Waals surface area contributed by atoms with Crippen molar-refractivity contribution in [1.29, 1.82) is 0 Å². The van der Waals surface area contributed by atoms with E-state index in [-0.39, 0.29) is 11.9 Å². The van der Waals surface area contributed by atoms with Gasteiger partial charge in [0.2, 0.25) is 0 Å². The van der Waals surface area contributed by atoms with Crippen LogP contribution in [0.1, 0.15) is 18.1 Å². The molecule has 3 aromatic carbocycles. The molecule has 1 atom stereocenters. The SMILES string of the molecule is Fc1ccc(C(CCCl)Oc2ccc(-c3ccc(Br)cc3)cc2)cc1. The highest BCUT2D eigenvalue weighted by Gasteiger charge is 2.13. The van der Waals surface area contributed by atoms with Gasteiger partial charge in [-0.1, -0.05) is 52.3 Å². The Hall–Kier alpha value is -1.84. The zero-order chi connectivity index (χ0) is 17.6. The molecular weight excluding hydrogens is 403 g/mol. The molecule has 0 fully saturated rings. The number of ether oxygens (including phenoxy) is 1. The van der Waals surface area contributed by atoms with Crippen LogP contribution in [-0.4, -0.2) is 5.88 Å². The van der Waals surface area contributed by atoms with Gasteiger partial charge in [-0.3, -0.25) is 0 Å². The number of rotatable bonds is 6. The first-order chi connectivity index (χ1) is 12.2. The molecule has 1 unspecified atom stereocenters. The van der Waals surface area contributed by atoms with Crippen molar-refractivity contribution in [2.45, 2.75) is 12.5 Å². The van der Waals surface area contributed by atoms with Gasteiger partial charge >= 0.3 is 0 Å². The Balaban J connectivity index is 1.76.